The first-order chi connectivity index (χ1) is 19.1. The monoisotopic (exact) mass is 548 g/mol. The third-order valence-electron chi connectivity index (χ3n) is 7.77. The van der Waals surface area contributed by atoms with Gasteiger partial charge in [0.25, 0.3) is 5.91 Å². The van der Waals surface area contributed by atoms with Crippen molar-refractivity contribution in [3.05, 3.63) is 47.8 Å². The number of ether oxygens (including phenoxy) is 1. The van der Waals surface area contributed by atoms with Crippen molar-refractivity contribution in [3.8, 4) is 11.4 Å². The average molecular weight is 549 g/mol. The number of carbonyl (C=O) groups is 3. The van der Waals surface area contributed by atoms with Crippen LogP contribution in [0.3, 0.4) is 0 Å². The Labute approximate surface area is 235 Å². The summed E-state index contributed by atoms with van der Waals surface area (Å²) in [6.07, 6.45) is 8.28. The smallest absolute Gasteiger partial charge is 0.410 e. The van der Waals surface area contributed by atoms with Crippen molar-refractivity contribution in [2.75, 3.05) is 19.6 Å². The fourth-order valence-corrected chi connectivity index (χ4v) is 5.52. The molecular weight excluding hydrogens is 508 g/mol. The van der Waals surface area contributed by atoms with Crippen LogP contribution in [-0.2, 0) is 16.0 Å². The van der Waals surface area contributed by atoms with Gasteiger partial charge < -0.3 is 25.2 Å². The summed E-state index contributed by atoms with van der Waals surface area (Å²) in [5.74, 6) is 0.519. The van der Waals surface area contributed by atoms with Gasteiger partial charge in [-0.3, -0.25) is 9.59 Å². The van der Waals surface area contributed by atoms with Gasteiger partial charge in [0.15, 0.2) is 5.82 Å². The Morgan fingerprint density at radius 1 is 0.950 bits per heavy atom. The van der Waals surface area contributed by atoms with E-state index in [0.717, 1.165) is 56.2 Å². The van der Waals surface area contributed by atoms with Crippen molar-refractivity contribution in [1.82, 2.24) is 24.7 Å². The van der Waals surface area contributed by atoms with Crippen molar-refractivity contribution < 1.29 is 19.1 Å². The number of likely N-dealkylation sites (tertiary alicyclic amines) is 2. The van der Waals surface area contributed by atoms with E-state index in [1.54, 1.807) is 22.2 Å². The van der Waals surface area contributed by atoms with Crippen LogP contribution in [0, 0.1) is 0 Å². The number of rotatable bonds is 6. The lowest BCUT2D eigenvalue weighted by atomic mass is 10.0. The summed E-state index contributed by atoms with van der Waals surface area (Å²) in [5, 5.41) is 0. The zero-order valence-corrected chi connectivity index (χ0v) is 23.7. The van der Waals surface area contributed by atoms with E-state index in [0.29, 0.717) is 30.9 Å². The quantitative estimate of drug-likeness (QED) is 0.585. The van der Waals surface area contributed by atoms with Gasteiger partial charge in [0.1, 0.15) is 5.60 Å². The Morgan fingerprint density at radius 2 is 1.57 bits per heavy atom. The Balaban J connectivity index is 1.19. The Kier molecular flexibility index (Phi) is 8.07. The van der Waals surface area contributed by atoms with Crippen molar-refractivity contribution in [3.63, 3.8) is 0 Å². The largest absolute Gasteiger partial charge is 0.444 e. The summed E-state index contributed by atoms with van der Waals surface area (Å²) >= 11 is 0. The molecule has 5 rings (SSSR count). The highest BCUT2D eigenvalue weighted by molar-refractivity contribution is 5.94. The van der Waals surface area contributed by atoms with Crippen molar-refractivity contribution >= 4 is 17.9 Å². The van der Waals surface area contributed by atoms with Crippen LogP contribution in [0.15, 0.2) is 36.7 Å². The van der Waals surface area contributed by atoms with E-state index >= 15 is 0 Å². The molecule has 2 saturated heterocycles. The first-order valence-corrected chi connectivity index (χ1v) is 14.4. The molecule has 3 aliphatic rings. The van der Waals surface area contributed by atoms with Gasteiger partial charge in [-0.2, -0.15) is 0 Å². The summed E-state index contributed by atoms with van der Waals surface area (Å²) in [4.78, 5) is 53.0. The van der Waals surface area contributed by atoms with E-state index in [1.807, 2.05) is 49.9 Å². The molecule has 1 unspecified atom stereocenters. The van der Waals surface area contributed by atoms with Crippen LogP contribution in [0.25, 0.3) is 11.4 Å². The van der Waals surface area contributed by atoms with Gasteiger partial charge in [-0.25, -0.2) is 14.8 Å². The van der Waals surface area contributed by atoms with Crippen molar-refractivity contribution in [1.29, 1.82) is 0 Å². The lowest BCUT2D eigenvalue weighted by Crippen LogP contribution is -2.50. The van der Waals surface area contributed by atoms with Crippen LogP contribution >= 0.6 is 0 Å². The van der Waals surface area contributed by atoms with E-state index in [9.17, 15) is 14.4 Å². The predicted molar refractivity (Wildman–Crippen MR) is 150 cm³/mol. The van der Waals surface area contributed by atoms with Crippen LogP contribution in [-0.4, -0.2) is 86.1 Å². The first-order valence-electron chi connectivity index (χ1n) is 14.4. The SMILES string of the molecule is CC(C)(C)OC(=O)N1CCC(N(C(=O)c2cnc(-c3ccc(CC(=O)N4CCCC4N)cc3)nc2)C2CC2)CC1. The van der Waals surface area contributed by atoms with E-state index in [2.05, 4.69) is 9.97 Å². The molecule has 0 spiro atoms. The van der Waals surface area contributed by atoms with Crippen molar-refractivity contribution in [2.24, 2.45) is 5.73 Å². The van der Waals surface area contributed by atoms with Gasteiger partial charge in [-0.05, 0) is 64.9 Å². The Morgan fingerprint density at radius 3 is 2.12 bits per heavy atom. The van der Waals surface area contributed by atoms with Crippen molar-refractivity contribution in [2.45, 2.75) is 89.6 Å². The molecular formula is C30H40N6O4. The maximum absolute atomic E-state index is 13.6. The molecule has 0 radical (unpaired) electrons. The van der Waals surface area contributed by atoms with E-state index in [4.69, 9.17) is 10.5 Å². The standard InChI is InChI=1S/C30H40N6O4/c1-30(2,3)40-29(39)34-15-12-24(13-16-34)36(23-10-11-23)28(38)22-18-32-27(33-19-22)21-8-6-20(7-9-21)17-26(37)35-14-4-5-25(35)31/h6-9,18-19,23-25H,4-5,10-17,31H2,1-3H3. The molecule has 0 bridgehead atoms. The average Bonchev–Trinajstić information content (AvgIpc) is 3.67. The maximum Gasteiger partial charge on any atom is 0.410 e. The molecule has 40 heavy (non-hydrogen) atoms. The van der Waals surface area contributed by atoms with Crippen LogP contribution in [0.1, 0.15) is 75.2 Å². The molecule has 3 fully saturated rings. The van der Waals surface area contributed by atoms with E-state index in [1.165, 1.54) is 0 Å². The molecule has 1 aromatic carbocycles. The molecule has 2 aliphatic heterocycles. The third kappa shape index (κ3) is 6.60. The molecule has 1 aliphatic carbocycles. The number of carbonyl (C=O) groups excluding carboxylic acids is 3. The van der Waals surface area contributed by atoms with Gasteiger partial charge in [0, 0.05) is 49.7 Å². The summed E-state index contributed by atoms with van der Waals surface area (Å²) in [6, 6.07) is 7.93. The molecule has 1 aromatic heterocycles. The number of nitrogens with zero attached hydrogens (tertiary/aromatic N) is 5. The van der Waals surface area contributed by atoms with Gasteiger partial charge in [0.2, 0.25) is 5.91 Å². The number of hydrogen-bond donors (Lipinski definition) is 1. The second kappa shape index (κ2) is 11.5. The van der Waals surface area contributed by atoms with Gasteiger partial charge >= 0.3 is 6.09 Å². The zero-order valence-electron chi connectivity index (χ0n) is 23.7. The van der Waals surface area contributed by atoms with E-state index < -0.39 is 5.60 Å². The molecule has 3 heterocycles. The van der Waals surface area contributed by atoms with Gasteiger partial charge in [-0.15, -0.1) is 0 Å². The second-order valence-corrected chi connectivity index (χ2v) is 12.1. The highest BCUT2D eigenvalue weighted by Gasteiger charge is 2.40. The third-order valence-corrected chi connectivity index (χ3v) is 7.77. The summed E-state index contributed by atoms with van der Waals surface area (Å²) in [7, 11) is 0. The minimum Gasteiger partial charge on any atom is -0.444 e. The Hall–Kier alpha value is -3.53. The minimum absolute atomic E-state index is 0.0487. The molecule has 10 heteroatoms. The molecule has 2 aromatic rings. The molecule has 1 saturated carbocycles. The lowest BCUT2D eigenvalue weighted by molar-refractivity contribution is -0.131. The Bertz CT molecular complexity index is 1210. The number of aromatic nitrogens is 2. The topological polar surface area (TPSA) is 122 Å². The maximum atomic E-state index is 13.6. The zero-order chi connectivity index (χ0) is 28.4. The lowest BCUT2D eigenvalue weighted by Gasteiger charge is -2.39. The molecule has 214 valence electrons. The van der Waals surface area contributed by atoms with Crippen LogP contribution in [0.5, 0.6) is 0 Å². The molecule has 2 N–H and O–H groups in total. The summed E-state index contributed by atoms with van der Waals surface area (Å²) in [6.45, 7) is 7.45. The normalized spacial score (nSPS) is 19.9. The first kappa shape index (κ1) is 28.0. The molecule has 1 atom stereocenters. The predicted octanol–water partition coefficient (Wildman–Crippen LogP) is 3.60. The highest BCUT2D eigenvalue weighted by atomic mass is 16.6. The van der Waals surface area contributed by atoms with Crippen LogP contribution < -0.4 is 5.73 Å². The van der Waals surface area contributed by atoms with Crippen LogP contribution in [0.4, 0.5) is 4.79 Å². The number of amides is 3. The summed E-state index contributed by atoms with van der Waals surface area (Å²) < 4.78 is 5.51. The fourth-order valence-electron chi connectivity index (χ4n) is 5.52. The van der Waals surface area contributed by atoms with Crippen LogP contribution in [0.2, 0.25) is 0 Å². The number of nitrogens with two attached hydrogens (primary N) is 1. The second-order valence-electron chi connectivity index (χ2n) is 12.1. The molecule has 3 amide bonds. The van der Waals surface area contributed by atoms with Gasteiger partial charge in [0.05, 0.1) is 18.2 Å². The van der Waals surface area contributed by atoms with Gasteiger partial charge in [-0.1, -0.05) is 24.3 Å². The number of piperidine rings is 1. The van der Waals surface area contributed by atoms with E-state index in [-0.39, 0.29) is 36.2 Å². The highest BCUT2D eigenvalue weighted by Crippen LogP contribution is 2.33. The number of benzene rings is 1. The summed E-state index contributed by atoms with van der Waals surface area (Å²) in [5.41, 5.74) is 7.70. The number of hydrogen-bond acceptors (Lipinski definition) is 7. The molecule has 10 nitrogen and oxygen atoms in total. The minimum atomic E-state index is -0.529. The fraction of sp³-hybridized carbons (Fsp3) is 0.567.